The average molecular weight is 339 g/mol. The first-order valence-corrected chi connectivity index (χ1v) is 8.54. The van der Waals surface area contributed by atoms with Crippen molar-refractivity contribution in [1.29, 1.82) is 0 Å². The van der Waals surface area contributed by atoms with Gasteiger partial charge in [0, 0.05) is 4.88 Å². The first kappa shape index (κ1) is 17.5. The molecule has 1 aromatic heterocycles. The van der Waals surface area contributed by atoms with Gasteiger partial charge in [-0.05, 0) is 25.3 Å². The van der Waals surface area contributed by atoms with Gasteiger partial charge in [0.25, 0.3) is 0 Å². The van der Waals surface area contributed by atoms with Crippen LogP contribution in [0.1, 0.15) is 47.8 Å². The second-order valence-electron chi connectivity index (χ2n) is 5.63. The van der Waals surface area contributed by atoms with Gasteiger partial charge in [-0.2, -0.15) is 0 Å². The largest absolute Gasteiger partial charge is 0.481 e. The zero-order valence-electron chi connectivity index (χ0n) is 13.3. The Hall–Kier alpha value is -1.89. The van der Waals surface area contributed by atoms with E-state index in [0.29, 0.717) is 23.4 Å². The molecule has 1 fully saturated rings. The molecule has 7 heteroatoms. The van der Waals surface area contributed by atoms with Gasteiger partial charge in [0.1, 0.15) is 5.00 Å². The topological polar surface area (TPSA) is 92.7 Å². The normalized spacial score (nSPS) is 20.8. The fourth-order valence-electron chi connectivity index (χ4n) is 2.92. The van der Waals surface area contributed by atoms with Gasteiger partial charge in [-0.3, -0.25) is 9.59 Å². The standard InChI is InChI=1S/C16H21NO5S/c1-3-9-8-12(16(21)22-2)14(23-9)17-13(18)10-6-4-5-7-11(10)15(19)20/h8,10-11H,3-7H2,1-2H3,(H,17,18)(H,19,20). The van der Waals surface area contributed by atoms with Gasteiger partial charge < -0.3 is 15.2 Å². The van der Waals surface area contributed by atoms with E-state index in [9.17, 15) is 19.5 Å². The Morgan fingerprint density at radius 1 is 1.30 bits per heavy atom. The summed E-state index contributed by atoms with van der Waals surface area (Å²) in [6, 6.07) is 1.71. The van der Waals surface area contributed by atoms with Gasteiger partial charge in [-0.15, -0.1) is 11.3 Å². The van der Waals surface area contributed by atoms with Crippen LogP contribution in [-0.4, -0.2) is 30.1 Å². The van der Waals surface area contributed by atoms with Gasteiger partial charge >= 0.3 is 11.9 Å². The molecule has 2 unspecified atom stereocenters. The molecule has 1 aromatic rings. The number of hydrogen-bond acceptors (Lipinski definition) is 5. The highest BCUT2D eigenvalue weighted by Gasteiger charge is 2.36. The minimum absolute atomic E-state index is 0.324. The van der Waals surface area contributed by atoms with Crippen molar-refractivity contribution in [3.05, 3.63) is 16.5 Å². The van der Waals surface area contributed by atoms with E-state index in [-0.39, 0.29) is 5.91 Å². The van der Waals surface area contributed by atoms with E-state index in [0.717, 1.165) is 24.1 Å². The van der Waals surface area contributed by atoms with Crippen molar-refractivity contribution in [3.8, 4) is 0 Å². The summed E-state index contributed by atoms with van der Waals surface area (Å²) in [5.41, 5.74) is 0.324. The predicted octanol–water partition coefficient (Wildman–Crippen LogP) is 2.93. The van der Waals surface area contributed by atoms with Gasteiger partial charge in [-0.25, -0.2) is 4.79 Å². The van der Waals surface area contributed by atoms with E-state index in [1.165, 1.54) is 18.4 Å². The number of aryl methyl sites for hydroxylation is 1. The van der Waals surface area contributed by atoms with Crippen LogP contribution < -0.4 is 5.32 Å². The van der Waals surface area contributed by atoms with E-state index in [2.05, 4.69) is 5.32 Å². The minimum Gasteiger partial charge on any atom is -0.481 e. The van der Waals surface area contributed by atoms with Crippen LogP contribution in [0.3, 0.4) is 0 Å². The third-order valence-corrected chi connectivity index (χ3v) is 5.39. The second-order valence-corrected chi connectivity index (χ2v) is 6.76. The number of hydrogen-bond donors (Lipinski definition) is 2. The summed E-state index contributed by atoms with van der Waals surface area (Å²) in [6.07, 6.45) is 3.49. The lowest BCUT2D eigenvalue weighted by Crippen LogP contribution is -2.36. The third kappa shape index (κ3) is 3.90. The van der Waals surface area contributed by atoms with E-state index < -0.39 is 23.8 Å². The molecule has 0 bridgehead atoms. The quantitative estimate of drug-likeness (QED) is 0.805. The lowest BCUT2D eigenvalue weighted by atomic mass is 9.79. The van der Waals surface area contributed by atoms with Gasteiger partial charge in [0.15, 0.2) is 0 Å². The highest BCUT2D eigenvalue weighted by Crippen LogP contribution is 2.34. The molecule has 2 atom stereocenters. The third-order valence-electron chi connectivity index (χ3n) is 4.19. The Labute approximate surface area is 138 Å². The molecular formula is C16H21NO5S. The van der Waals surface area contributed by atoms with Crippen molar-refractivity contribution in [1.82, 2.24) is 0 Å². The number of esters is 1. The number of nitrogens with one attached hydrogen (secondary N) is 1. The van der Waals surface area contributed by atoms with Crippen molar-refractivity contribution in [2.75, 3.05) is 12.4 Å². The number of carboxylic acids is 1. The zero-order valence-corrected chi connectivity index (χ0v) is 14.1. The second kappa shape index (κ2) is 7.59. The number of ether oxygens (including phenoxy) is 1. The smallest absolute Gasteiger partial charge is 0.340 e. The van der Waals surface area contributed by atoms with Crippen LogP contribution in [0.15, 0.2) is 6.07 Å². The lowest BCUT2D eigenvalue weighted by molar-refractivity contribution is -0.147. The first-order valence-electron chi connectivity index (χ1n) is 7.72. The van der Waals surface area contributed by atoms with Crippen LogP contribution in [0.25, 0.3) is 0 Å². The minimum atomic E-state index is -0.932. The number of aliphatic carboxylic acids is 1. The van der Waals surface area contributed by atoms with E-state index in [1.54, 1.807) is 6.07 Å². The molecule has 23 heavy (non-hydrogen) atoms. The van der Waals surface area contributed by atoms with E-state index in [1.807, 2.05) is 6.92 Å². The van der Waals surface area contributed by atoms with Crippen molar-refractivity contribution in [3.63, 3.8) is 0 Å². The molecule has 0 saturated heterocycles. The number of carboxylic acid groups (broad SMARTS) is 1. The summed E-state index contributed by atoms with van der Waals surface area (Å²) in [5, 5.41) is 12.5. The SMILES string of the molecule is CCc1cc(C(=O)OC)c(NC(=O)C2CCCCC2C(=O)O)s1. The zero-order chi connectivity index (χ0) is 17.0. The number of carbonyl (C=O) groups excluding carboxylic acids is 2. The summed E-state index contributed by atoms with van der Waals surface area (Å²) in [5.74, 6) is -2.98. The summed E-state index contributed by atoms with van der Waals surface area (Å²) in [4.78, 5) is 36.7. The molecular weight excluding hydrogens is 318 g/mol. The van der Waals surface area contributed by atoms with Crippen molar-refractivity contribution < 1.29 is 24.2 Å². The molecule has 1 amide bonds. The van der Waals surface area contributed by atoms with Crippen molar-refractivity contribution in [2.24, 2.45) is 11.8 Å². The number of thiophene rings is 1. The van der Waals surface area contributed by atoms with Crippen LogP contribution in [0.2, 0.25) is 0 Å². The molecule has 126 valence electrons. The van der Waals surface area contributed by atoms with Gasteiger partial charge in [-0.1, -0.05) is 19.8 Å². The number of rotatable bonds is 5. The fraction of sp³-hybridized carbons (Fsp3) is 0.562. The van der Waals surface area contributed by atoms with Crippen LogP contribution in [-0.2, 0) is 20.7 Å². The Balaban J connectivity index is 2.20. The first-order chi connectivity index (χ1) is 11.0. The van der Waals surface area contributed by atoms with Gasteiger partial charge in [0.2, 0.25) is 5.91 Å². The number of amides is 1. The van der Waals surface area contributed by atoms with Crippen LogP contribution in [0, 0.1) is 11.8 Å². The molecule has 1 heterocycles. The molecule has 1 aliphatic carbocycles. The highest BCUT2D eigenvalue weighted by atomic mass is 32.1. The van der Waals surface area contributed by atoms with Crippen LogP contribution in [0.5, 0.6) is 0 Å². The molecule has 6 nitrogen and oxygen atoms in total. The van der Waals surface area contributed by atoms with E-state index in [4.69, 9.17) is 4.74 Å². The predicted molar refractivity (Wildman–Crippen MR) is 86.8 cm³/mol. The van der Waals surface area contributed by atoms with Crippen LogP contribution >= 0.6 is 11.3 Å². The lowest BCUT2D eigenvalue weighted by Gasteiger charge is -2.27. The molecule has 0 radical (unpaired) electrons. The molecule has 2 rings (SSSR count). The number of anilines is 1. The summed E-state index contributed by atoms with van der Waals surface area (Å²) in [6.45, 7) is 1.96. The molecule has 1 aliphatic rings. The summed E-state index contributed by atoms with van der Waals surface area (Å²) < 4.78 is 4.74. The maximum absolute atomic E-state index is 12.5. The molecule has 2 N–H and O–H groups in total. The number of methoxy groups -OCH3 is 1. The van der Waals surface area contributed by atoms with Crippen LogP contribution in [0.4, 0.5) is 5.00 Å². The average Bonchev–Trinajstić information content (AvgIpc) is 2.97. The molecule has 1 saturated carbocycles. The molecule has 0 aromatic carbocycles. The maximum atomic E-state index is 12.5. The maximum Gasteiger partial charge on any atom is 0.340 e. The number of carbonyl (C=O) groups is 3. The van der Waals surface area contributed by atoms with Crippen molar-refractivity contribution >= 4 is 34.2 Å². The van der Waals surface area contributed by atoms with Gasteiger partial charge in [0.05, 0.1) is 24.5 Å². The Morgan fingerprint density at radius 3 is 2.52 bits per heavy atom. The van der Waals surface area contributed by atoms with Crippen molar-refractivity contribution in [2.45, 2.75) is 39.0 Å². The monoisotopic (exact) mass is 339 g/mol. The summed E-state index contributed by atoms with van der Waals surface area (Å²) in [7, 11) is 1.29. The Morgan fingerprint density at radius 2 is 1.96 bits per heavy atom. The van der Waals surface area contributed by atoms with E-state index >= 15 is 0 Å². The highest BCUT2D eigenvalue weighted by molar-refractivity contribution is 7.16. The Bertz CT molecular complexity index is 610. The summed E-state index contributed by atoms with van der Waals surface area (Å²) >= 11 is 1.32. The Kier molecular flexibility index (Phi) is 5.76. The molecule has 0 spiro atoms. The fourth-order valence-corrected chi connectivity index (χ4v) is 3.90. The molecule has 0 aliphatic heterocycles.